The lowest BCUT2D eigenvalue weighted by molar-refractivity contribution is 0.0696. The van der Waals surface area contributed by atoms with Crippen molar-refractivity contribution in [2.24, 2.45) is 0 Å². The van der Waals surface area contributed by atoms with Gasteiger partial charge in [0.1, 0.15) is 11.3 Å². The van der Waals surface area contributed by atoms with Crippen molar-refractivity contribution < 1.29 is 23.1 Å². The summed E-state index contributed by atoms with van der Waals surface area (Å²) in [6.45, 7) is 0. The van der Waals surface area contributed by atoms with Crippen molar-refractivity contribution in [2.45, 2.75) is 4.90 Å². The maximum absolute atomic E-state index is 13.2. The maximum atomic E-state index is 13.2. The predicted octanol–water partition coefficient (Wildman–Crippen LogP) is 3.82. The fraction of sp³-hybridized carbons (Fsp3) is 0.0417. The van der Waals surface area contributed by atoms with Gasteiger partial charge in [-0.1, -0.05) is 12.1 Å². The molecule has 0 saturated heterocycles. The normalized spacial score (nSPS) is 11.4. The Morgan fingerprint density at radius 2 is 1.75 bits per heavy atom. The first-order chi connectivity index (χ1) is 17.3. The van der Waals surface area contributed by atoms with Crippen molar-refractivity contribution in [1.82, 2.24) is 19.9 Å². The number of nitrogens with zero attached hydrogens (tertiary/aromatic N) is 4. The highest BCUT2D eigenvalue weighted by Crippen LogP contribution is 2.32. The molecule has 0 aliphatic rings. The number of carboxylic acids is 1. The molecule has 3 heterocycles. The first-order valence-electron chi connectivity index (χ1n) is 10.5. The number of nitrogens with one attached hydrogen (secondary N) is 2. The topological polar surface area (TPSA) is 156 Å². The van der Waals surface area contributed by atoms with E-state index in [1.807, 2.05) is 12.1 Å². The molecule has 5 aromatic rings. The van der Waals surface area contributed by atoms with Crippen molar-refractivity contribution in [1.29, 1.82) is 0 Å². The number of hydrogen-bond acceptors (Lipinski definition) is 9. The average Bonchev–Trinajstić information content (AvgIpc) is 2.88. The van der Waals surface area contributed by atoms with Crippen LogP contribution in [-0.2, 0) is 10.0 Å². The van der Waals surface area contributed by atoms with Gasteiger partial charge < -0.3 is 15.2 Å². The third-order valence-electron chi connectivity index (χ3n) is 5.23. The Kier molecular flexibility index (Phi) is 5.78. The van der Waals surface area contributed by atoms with E-state index >= 15 is 0 Å². The van der Waals surface area contributed by atoms with Gasteiger partial charge in [-0.2, -0.15) is 0 Å². The minimum absolute atomic E-state index is 0.0689. The van der Waals surface area contributed by atoms with Crippen LogP contribution in [0.3, 0.4) is 0 Å². The van der Waals surface area contributed by atoms with Crippen molar-refractivity contribution in [3.8, 4) is 5.75 Å². The summed E-state index contributed by atoms with van der Waals surface area (Å²) in [7, 11) is -2.69. The van der Waals surface area contributed by atoms with Gasteiger partial charge >= 0.3 is 5.97 Å². The van der Waals surface area contributed by atoms with Gasteiger partial charge in [-0.15, -0.1) is 0 Å². The number of pyridine rings is 2. The molecule has 0 atom stereocenters. The molecular formula is C24H18N6O5S. The summed E-state index contributed by atoms with van der Waals surface area (Å²) in [4.78, 5) is 28.6. The first-order valence-corrected chi connectivity index (χ1v) is 12.0. The Labute approximate surface area is 204 Å². The van der Waals surface area contributed by atoms with Crippen LogP contribution in [0.4, 0.5) is 17.3 Å². The molecule has 0 unspecified atom stereocenters. The molecule has 0 radical (unpaired) electrons. The number of ether oxygens (including phenoxy) is 1. The molecule has 12 heteroatoms. The van der Waals surface area contributed by atoms with Gasteiger partial charge in [0.05, 0.1) is 28.8 Å². The van der Waals surface area contributed by atoms with Crippen LogP contribution >= 0.6 is 0 Å². The van der Waals surface area contributed by atoms with Crippen LogP contribution in [0.25, 0.3) is 22.1 Å². The van der Waals surface area contributed by atoms with Crippen molar-refractivity contribution >= 4 is 55.4 Å². The van der Waals surface area contributed by atoms with Gasteiger partial charge in [-0.3, -0.25) is 9.71 Å². The van der Waals surface area contributed by atoms with E-state index in [1.165, 1.54) is 25.3 Å². The molecule has 0 aliphatic heterocycles. The van der Waals surface area contributed by atoms with E-state index in [4.69, 9.17) is 4.74 Å². The Bertz CT molecular complexity index is 1740. The SMILES string of the molecule is COc1cc(Nc2nc3ncccc3nc2NS(=O)(=O)c2cccc(C(=O)O)c2)c2ncccc2c1. The van der Waals surface area contributed by atoms with Crippen molar-refractivity contribution in [3.63, 3.8) is 0 Å². The number of aromatic nitrogens is 4. The third-order valence-corrected chi connectivity index (χ3v) is 6.57. The number of aromatic carboxylic acids is 1. The Morgan fingerprint density at radius 3 is 2.56 bits per heavy atom. The van der Waals surface area contributed by atoms with Gasteiger partial charge in [-0.05, 0) is 42.5 Å². The second-order valence-corrected chi connectivity index (χ2v) is 9.26. The molecule has 36 heavy (non-hydrogen) atoms. The minimum atomic E-state index is -4.22. The summed E-state index contributed by atoms with van der Waals surface area (Å²) >= 11 is 0. The quantitative estimate of drug-likeness (QED) is 0.299. The highest BCUT2D eigenvalue weighted by molar-refractivity contribution is 7.92. The molecule has 5 rings (SSSR count). The summed E-state index contributed by atoms with van der Waals surface area (Å²) < 4.78 is 34.2. The average molecular weight is 503 g/mol. The van der Waals surface area contributed by atoms with E-state index in [2.05, 4.69) is 30.0 Å². The second kappa shape index (κ2) is 9.07. The molecule has 11 nitrogen and oxygen atoms in total. The number of carbonyl (C=O) groups is 1. The van der Waals surface area contributed by atoms with Crippen molar-refractivity contribution in [2.75, 3.05) is 17.1 Å². The molecule has 180 valence electrons. The summed E-state index contributed by atoms with van der Waals surface area (Å²) in [6.07, 6.45) is 3.18. The molecule has 3 aromatic heterocycles. The van der Waals surface area contributed by atoms with E-state index in [-0.39, 0.29) is 27.7 Å². The first kappa shape index (κ1) is 22.9. The lowest BCUT2D eigenvalue weighted by Crippen LogP contribution is -2.16. The molecule has 0 amide bonds. The molecule has 0 spiro atoms. The number of methoxy groups -OCH3 is 1. The van der Waals surface area contributed by atoms with E-state index in [0.717, 1.165) is 11.5 Å². The van der Waals surface area contributed by atoms with E-state index in [9.17, 15) is 18.3 Å². The highest BCUT2D eigenvalue weighted by Gasteiger charge is 2.21. The molecule has 3 N–H and O–H groups in total. The standard InChI is InChI=1S/C24H18N6O5S/c1-35-16-11-14-6-3-9-25-20(14)19(13-16)28-22-23(27-18-8-4-10-26-21(18)29-22)30-36(33,34)17-7-2-5-15(12-17)24(31)32/h2-13H,1H3,(H,27,30)(H,31,32)(H,26,28,29). The monoisotopic (exact) mass is 502 g/mol. The van der Waals surface area contributed by atoms with E-state index in [1.54, 1.807) is 36.7 Å². The molecule has 0 bridgehead atoms. The lowest BCUT2D eigenvalue weighted by atomic mass is 10.1. The van der Waals surface area contributed by atoms with Crippen LogP contribution in [0.15, 0.2) is 78.0 Å². The molecule has 0 saturated carbocycles. The summed E-state index contributed by atoms with van der Waals surface area (Å²) in [6, 6.07) is 15.5. The van der Waals surface area contributed by atoms with Gasteiger partial charge in [0.2, 0.25) is 0 Å². The Balaban J connectivity index is 1.63. The zero-order valence-electron chi connectivity index (χ0n) is 18.7. The second-order valence-electron chi connectivity index (χ2n) is 7.58. The van der Waals surface area contributed by atoms with Gasteiger partial charge in [-0.25, -0.2) is 28.2 Å². The number of fused-ring (bicyclic) bond motifs is 2. The summed E-state index contributed by atoms with van der Waals surface area (Å²) in [5.41, 5.74) is 1.58. The summed E-state index contributed by atoms with van der Waals surface area (Å²) in [5.74, 6) is -0.733. The molecule has 0 aliphatic carbocycles. The number of carboxylic acid groups (broad SMARTS) is 1. The number of benzene rings is 2. The van der Waals surface area contributed by atoms with Gasteiger partial charge in [0.15, 0.2) is 17.3 Å². The van der Waals surface area contributed by atoms with Gasteiger partial charge in [0.25, 0.3) is 10.0 Å². The number of rotatable bonds is 7. The Hall–Kier alpha value is -4.84. The predicted molar refractivity (Wildman–Crippen MR) is 133 cm³/mol. The van der Waals surface area contributed by atoms with Crippen LogP contribution < -0.4 is 14.8 Å². The van der Waals surface area contributed by atoms with E-state index < -0.39 is 16.0 Å². The number of anilines is 3. The number of sulfonamides is 1. The van der Waals surface area contributed by atoms with Crippen LogP contribution in [0.1, 0.15) is 10.4 Å². The summed E-state index contributed by atoms with van der Waals surface area (Å²) in [5, 5.41) is 13.1. The van der Waals surface area contributed by atoms with Gasteiger partial charge in [0, 0.05) is 23.8 Å². The molecular weight excluding hydrogens is 484 g/mol. The van der Waals surface area contributed by atoms with Crippen LogP contribution in [0.2, 0.25) is 0 Å². The fourth-order valence-corrected chi connectivity index (χ4v) is 4.59. The highest BCUT2D eigenvalue weighted by atomic mass is 32.2. The van der Waals surface area contributed by atoms with E-state index in [0.29, 0.717) is 22.5 Å². The maximum Gasteiger partial charge on any atom is 0.335 e. The zero-order chi connectivity index (χ0) is 25.3. The Morgan fingerprint density at radius 1 is 0.944 bits per heavy atom. The third kappa shape index (κ3) is 4.44. The molecule has 2 aromatic carbocycles. The van der Waals surface area contributed by atoms with Crippen LogP contribution in [0, 0.1) is 0 Å². The largest absolute Gasteiger partial charge is 0.497 e. The zero-order valence-corrected chi connectivity index (χ0v) is 19.5. The minimum Gasteiger partial charge on any atom is -0.497 e. The van der Waals surface area contributed by atoms with Crippen LogP contribution in [-0.4, -0.2) is 46.5 Å². The smallest absolute Gasteiger partial charge is 0.335 e. The van der Waals surface area contributed by atoms with Crippen LogP contribution in [0.5, 0.6) is 5.75 Å². The fourth-order valence-electron chi connectivity index (χ4n) is 3.54. The number of hydrogen-bond donors (Lipinski definition) is 3. The van der Waals surface area contributed by atoms with Crippen molar-refractivity contribution in [3.05, 3.63) is 78.6 Å². The lowest BCUT2D eigenvalue weighted by Gasteiger charge is -2.15. The molecule has 0 fully saturated rings.